The predicted octanol–water partition coefficient (Wildman–Crippen LogP) is 6.30. The van der Waals surface area contributed by atoms with E-state index in [1.54, 1.807) is 0 Å². The van der Waals surface area contributed by atoms with Crippen LogP contribution in [0.4, 0.5) is 42.1 Å². The lowest BCUT2D eigenvalue weighted by molar-refractivity contribution is -0.356. The molecule has 1 fully saturated rings. The first kappa shape index (κ1) is 25.5. The van der Waals surface area contributed by atoms with Crippen LogP contribution in [0.25, 0.3) is 12.2 Å². The fraction of sp³-hybridized carbons (Fsp3) is 0.440. The van der Waals surface area contributed by atoms with Gasteiger partial charge in [0.2, 0.25) is 0 Å². The molecule has 0 amide bonds. The first-order chi connectivity index (χ1) is 16.5. The summed E-state index contributed by atoms with van der Waals surface area (Å²) in [5, 5.41) is 3.46. The molecule has 2 heterocycles. The SMILES string of the molecule is FC(F)(F)C(F)(F)C(F)(F)CN1CCN(CCCc2cccc3c2C=Cc2ccccc2N3)CC1. The Hall–Kier alpha value is -2.59. The number of nitrogens with one attached hydrogen (secondary N) is 1. The average molecular weight is 501 g/mol. The largest absolute Gasteiger partial charge is 0.459 e. The van der Waals surface area contributed by atoms with Crippen molar-refractivity contribution in [1.29, 1.82) is 0 Å². The van der Waals surface area contributed by atoms with Crippen molar-refractivity contribution in [3.8, 4) is 0 Å². The highest BCUT2D eigenvalue weighted by molar-refractivity contribution is 5.88. The molecule has 0 bridgehead atoms. The van der Waals surface area contributed by atoms with Gasteiger partial charge in [0.05, 0.1) is 6.54 Å². The third kappa shape index (κ3) is 5.48. The Balaban J connectivity index is 1.28. The molecule has 3 nitrogen and oxygen atoms in total. The van der Waals surface area contributed by atoms with Crippen molar-refractivity contribution in [1.82, 2.24) is 9.80 Å². The molecule has 2 aromatic carbocycles. The zero-order chi connectivity index (χ0) is 25.3. The van der Waals surface area contributed by atoms with E-state index in [-0.39, 0.29) is 13.1 Å². The quantitative estimate of drug-likeness (QED) is 0.384. The summed E-state index contributed by atoms with van der Waals surface area (Å²) in [7, 11) is 0. The molecule has 1 saturated heterocycles. The molecule has 35 heavy (non-hydrogen) atoms. The highest BCUT2D eigenvalue weighted by Gasteiger charge is 2.73. The molecule has 0 aliphatic carbocycles. The molecule has 1 N–H and O–H groups in total. The Morgan fingerprint density at radius 2 is 1.40 bits per heavy atom. The van der Waals surface area contributed by atoms with E-state index in [1.165, 1.54) is 0 Å². The van der Waals surface area contributed by atoms with E-state index in [9.17, 15) is 30.7 Å². The van der Waals surface area contributed by atoms with E-state index in [4.69, 9.17) is 0 Å². The summed E-state index contributed by atoms with van der Waals surface area (Å²) in [5.41, 5.74) is 5.38. The van der Waals surface area contributed by atoms with Gasteiger partial charge in [0.1, 0.15) is 0 Å². The molecule has 10 heteroatoms. The molecule has 0 spiro atoms. The zero-order valence-electron chi connectivity index (χ0n) is 18.9. The molecule has 0 aromatic heterocycles. The van der Waals surface area contributed by atoms with Crippen molar-refractivity contribution in [2.75, 3.05) is 44.6 Å². The normalized spacial score (nSPS) is 17.5. The minimum atomic E-state index is -6.29. The third-order valence-corrected chi connectivity index (χ3v) is 6.48. The van der Waals surface area contributed by atoms with Crippen molar-refractivity contribution in [3.05, 3.63) is 59.2 Å². The number of anilines is 2. The van der Waals surface area contributed by atoms with Crippen LogP contribution in [0, 0.1) is 0 Å². The molecule has 2 aromatic rings. The number of nitrogens with zero attached hydrogens (tertiary/aromatic N) is 2. The van der Waals surface area contributed by atoms with Crippen LogP contribution in [-0.4, -0.2) is 67.1 Å². The number of rotatable bonds is 7. The van der Waals surface area contributed by atoms with Crippen molar-refractivity contribution in [3.63, 3.8) is 0 Å². The molecule has 0 saturated carbocycles. The van der Waals surface area contributed by atoms with Gasteiger partial charge in [0, 0.05) is 43.1 Å². The third-order valence-electron chi connectivity index (χ3n) is 6.48. The molecule has 0 atom stereocenters. The van der Waals surface area contributed by atoms with Crippen LogP contribution in [0.15, 0.2) is 42.5 Å². The Morgan fingerprint density at radius 3 is 2.11 bits per heavy atom. The Bertz CT molecular complexity index is 1060. The Morgan fingerprint density at radius 1 is 0.743 bits per heavy atom. The molecular weight excluding hydrogens is 475 g/mol. The maximum Gasteiger partial charge on any atom is 0.459 e. The monoisotopic (exact) mass is 501 g/mol. The molecule has 0 unspecified atom stereocenters. The summed E-state index contributed by atoms with van der Waals surface area (Å²) in [6, 6.07) is 14.1. The molecule has 2 aliphatic heterocycles. The maximum absolute atomic E-state index is 13.7. The number of alkyl halides is 7. The number of fused-ring (bicyclic) bond motifs is 2. The highest BCUT2D eigenvalue weighted by Crippen LogP contribution is 2.46. The van der Waals surface area contributed by atoms with E-state index in [0.29, 0.717) is 19.6 Å². The van der Waals surface area contributed by atoms with E-state index in [1.807, 2.05) is 41.3 Å². The Kier molecular flexibility index (Phi) is 7.15. The number of aryl methyl sites for hydroxylation is 1. The van der Waals surface area contributed by atoms with Crippen LogP contribution in [0.5, 0.6) is 0 Å². The van der Waals surface area contributed by atoms with E-state index in [2.05, 4.69) is 23.5 Å². The second-order valence-corrected chi connectivity index (χ2v) is 8.92. The minimum Gasteiger partial charge on any atom is -0.355 e. The summed E-state index contributed by atoms with van der Waals surface area (Å²) >= 11 is 0. The smallest absolute Gasteiger partial charge is 0.355 e. The second kappa shape index (κ2) is 9.81. The number of benzene rings is 2. The summed E-state index contributed by atoms with van der Waals surface area (Å²) in [6.07, 6.45) is -0.573. The predicted molar refractivity (Wildman–Crippen MR) is 122 cm³/mol. The average Bonchev–Trinajstić information content (AvgIpc) is 2.99. The lowest BCUT2D eigenvalue weighted by Crippen LogP contribution is -2.59. The van der Waals surface area contributed by atoms with Gasteiger partial charge in [-0.15, -0.1) is 0 Å². The zero-order valence-corrected chi connectivity index (χ0v) is 18.9. The minimum absolute atomic E-state index is 0.00911. The fourth-order valence-corrected chi connectivity index (χ4v) is 4.46. The van der Waals surface area contributed by atoms with Crippen molar-refractivity contribution in [2.45, 2.75) is 30.9 Å². The van der Waals surface area contributed by atoms with Gasteiger partial charge in [-0.2, -0.15) is 30.7 Å². The standard InChI is InChI=1S/C25H26F7N3/c26-23(27,24(28,29)25(30,31)32)17-35-15-13-34(14-16-35)12-4-7-18-6-3-9-22-20(18)11-10-19-5-1-2-8-21(19)33-22/h1-3,5-6,8-11,33H,4,7,12-17H2. The summed E-state index contributed by atoms with van der Waals surface area (Å²) in [4.78, 5) is 2.99. The van der Waals surface area contributed by atoms with Gasteiger partial charge >= 0.3 is 18.0 Å². The van der Waals surface area contributed by atoms with E-state index < -0.39 is 24.6 Å². The van der Waals surface area contributed by atoms with Gasteiger partial charge in [-0.05, 0) is 42.6 Å². The van der Waals surface area contributed by atoms with E-state index in [0.717, 1.165) is 45.8 Å². The van der Waals surface area contributed by atoms with Crippen LogP contribution >= 0.6 is 0 Å². The fourth-order valence-electron chi connectivity index (χ4n) is 4.46. The number of hydrogen-bond acceptors (Lipinski definition) is 3. The number of halogens is 7. The second-order valence-electron chi connectivity index (χ2n) is 8.92. The van der Waals surface area contributed by atoms with Crippen LogP contribution < -0.4 is 5.32 Å². The van der Waals surface area contributed by atoms with Gasteiger partial charge in [-0.3, -0.25) is 4.90 Å². The Labute approximate surface area is 199 Å². The summed E-state index contributed by atoms with van der Waals surface area (Å²) < 4.78 is 90.8. The molecule has 4 rings (SSSR count). The van der Waals surface area contributed by atoms with Crippen molar-refractivity contribution in [2.24, 2.45) is 0 Å². The van der Waals surface area contributed by atoms with Crippen LogP contribution in [0.1, 0.15) is 23.1 Å². The lowest BCUT2D eigenvalue weighted by atomic mass is 10.00. The van der Waals surface area contributed by atoms with Gasteiger partial charge in [0.25, 0.3) is 0 Å². The first-order valence-corrected chi connectivity index (χ1v) is 11.4. The number of para-hydroxylation sites is 1. The highest BCUT2D eigenvalue weighted by atomic mass is 19.4. The van der Waals surface area contributed by atoms with Crippen LogP contribution in [-0.2, 0) is 6.42 Å². The van der Waals surface area contributed by atoms with Crippen molar-refractivity contribution >= 4 is 23.5 Å². The molecule has 190 valence electrons. The van der Waals surface area contributed by atoms with Crippen LogP contribution in [0.2, 0.25) is 0 Å². The van der Waals surface area contributed by atoms with Crippen molar-refractivity contribution < 1.29 is 30.7 Å². The molecule has 2 aliphatic rings. The van der Waals surface area contributed by atoms with Gasteiger partial charge in [-0.1, -0.05) is 42.5 Å². The van der Waals surface area contributed by atoms with Gasteiger partial charge in [0.15, 0.2) is 0 Å². The van der Waals surface area contributed by atoms with Crippen LogP contribution in [0.3, 0.4) is 0 Å². The van der Waals surface area contributed by atoms with E-state index >= 15 is 0 Å². The topological polar surface area (TPSA) is 18.5 Å². The summed E-state index contributed by atoms with van der Waals surface area (Å²) in [6.45, 7) is -0.270. The molecular formula is C25H26F7N3. The van der Waals surface area contributed by atoms with Gasteiger partial charge in [-0.25, -0.2) is 0 Å². The number of piperazine rings is 1. The molecule has 0 radical (unpaired) electrons. The first-order valence-electron chi connectivity index (χ1n) is 11.4. The lowest BCUT2D eigenvalue weighted by Gasteiger charge is -2.38. The maximum atomic E-state index is 13.7. The van der Waals surface area contributed by atoms with Gasteiger partial charge < -0.3 is 10.2 Å². The number of hydrogen-bond donors (Lipinski definition) is 1. The summed E-state index contributed by atoms with van der Waals surface area (Å²) in [5.74, 6) is -11.2.